The number of anilines is 2. The number of carboxylic acids is 1. The average Bonchev–Trinajstić information content (AvgIpc) is 2.56. The van der Waals surface area contributed by atoms with Crippen LogP contribution in [0.4, 0.5) is 24.5 Å². The Bertz CT molecular complexity index is 1020. The number of fused-ring (bicyclic) bond motifs is 1. The van der Waals surface area contributed by atoms with Gasteiger partial charge in [-0.1, -0.05) is 17.7 Å². The van der Waals surface area contributed by atoms with Crippen LogP contribution < -0.4 is 5.32 Å². The van der Waals surface area contributed by atoms with Gasteiger partial charge in [0.05, 0.1) is 28.0 Å². The zero-order chi connectivity index (χ0) is 19.1. The first-order valence-corrected chi connectivity index (χ1v) is 7.98. The summed E-state index contributed by atoms with van der Waals surface area (Å²) in [6, 6.07) is 7.65. The van der Waals surface area contributed by atoms with E-state index in [0.717, 1.165) is 18.2 Å². The Balaban J connectivity index is 2.27. The van der Waals surface area contributed by atoms with Crippen molar-refractivity contribution in [3.8, 4) is 0 Å². The van der Waals surface area contributed by atoms with Crippen molar-refractivity contribution < 1.29 is 23.1 Å². The molecule has 0 bridgehead atoms. The quantitative estimate of drug-likeness (QED) is 0.500. The summed E-state index contributed by atoms with van der Waals surface area (Å²) in [6.07, 6.45) is -3.39. The molecule has 0 aliphatic carbocycles. The number of pyridine rings is 1. The molecule has 0 aliphatic heterocycles. The van der Waals surface area contributed by atoms with Crippen LogP contribution in [0, 0.1) is 0 Å². The minimum atomic E-state index is -4.75. The van der Waals surface area contributed by atoms with E-state index < -0.39 is 29.0 Å². The fourth-order valence-corrected chi connectivity index (χ4v) is 2.92. The second-order valence-electron chi connectivity index (χ2n) is 5.34. The number of nitrogens with zero attached hydrogens (tertiary/aromatic N) is 1. The molecule has 0 unspecified atom stereocenters. The second kappa shape index (κ2) is 6.69. The van der Waals surface area contributed by atoms with Crippen LogP contribution in [0.25, 0.3) is 10.9 Å². The summed E-state index contributed by atoms with van der Waals surface area (Å²) in [7, 11) is 0. The Hall–Kier alpha value is -2.45. The second-order valence-corrected chi connectivity index (χ2v) is 6.25. The molecular formula is C17H10ClF3N2O2S. The Labute approximate surface area is 156 Å². The van der Waals surface area contributed by atoms with E-state index in [1.807, 2.05) is 0 Å². The van der Waals surface area contributed by atoms with Gasteiger partial charge in [-0.3, -0.25) is 4.98 Å². The monoisotopic (exact) mass is 398 g/mol. The van der Waals surface area contributed by atoms with Crippen LogP contribution in [0.2, 0.25) is 5.02 Å². The molecule has 0 spiro atoms. The Morgan fingerprint density at radius 1 is 1.19 bits per heavy atom. The summed E-state index contributed by atoms with van der Waals surface area (Å²) >= 11 is 10.2. The largest absolute Gasteiger partial charge is 0.478 e. The van der Waals surface area contributed by atoms with Gasteiger partial charge in [-0.15, -0.1) is 12.6 Å². The van der Waals surface area contributed by atoms with Crippen molar-refractivity contribution in [3.63, 3.8) is 0 Å². The van der Waals surface area contributed by atoms with Crippen molar-refractivity contribution in [2.45, 2.75) is 11.1 Å². The van der Waals surface area contributed by atoms with E-state index >= 15 is 0 Å². The van der Waals surface area contributed by atoms with Crippen molar-refractivity contribution in [2.24, 2.45) is 0 Å². The summed E-state index contributed by atoms with van der Waals surface area (Å²) in [5, 5.41) is 12.7. The van der Waals surface area contributed by atoms with Crippen LogP contribution in [-0.4, -0.2) is 16.1 Å². The summed E-state index contributed by atoms with van der Waals surface area (Å²) < 4.78 is 40.2. The van der Waals surface area contributed by atoms with Crippen molar-refractivity contribution in [3.05, 3.63) is 58.7 Å². The molecule has 2 aromatic carbocycles. The van der Waals surface area contributed by atoms with Gasteiger partial charge in [-0.05, 0) is 30.3 Å². The fourth-order valence-electron chi connectivity index (χ4n) is 2.51. The molecule has 0 amide bonds. The molecule has 9 heteroatoms. The number of carboxylic acid groups (broad SMARTS) is 1. The smallest absolute Gasteiger partial charge is 0.418 e. The van der Waals surface area contributed by atoms with Crippen LogP contribution >= 0.6 is 24.2 Å². The zero-order valence-corrected chi connectivity index (χ0v) is 14.5. The van der Waals surface area contributed by atoms with Gasteiger partial charge in [0.2, 0.25) is 0 Å². The number of aromatic carboxylic acids is 1. The van der Waals surface area contributed by atoms with Crippen molar-refractivity contribution in [1.82, 2.24) is 4.98 Å². The Kier molecular flexibility index (Phi) is 4.72. The number of nitrogens with one attached hydrogen (secondary N) is 1. The normalized spacial score (nSPS) is 11.6. The van der Waals surface area contributed by atoms with Crippen LogP contribution in [-0.2, 0) is 6.18 Å². The van der Waals surface area contributed by atoms with Gasteiger partial charge in [-0.25, -0.2) is 4.79 Å². The lowest BCUT2D eigenvalue weighted by molar-refractivity contribution is -0.136. The van der Waals surface area contributed by atoms with Crippen LogP contribution in [0.15, 0.2) is 47.5 Å². The number of benzene rings is 2. The van der Waals surface area contributed by atoms with Gasteiger partial charge in [0, 0.05) is 21.5 Å². The first-order valence-electron chi connectivity index (χ1n) is 7.16. The molecule has 134 valence electrons. The molecule has 0 saturated heterocycles. The lowest BCUT2D eigenvalue weighted by atomic mass is 10.1. The highest BCUT2D eigenvalue weighted by molar-refractivity contribution is 7.80. The molecule has 0 atom stereocenters. The third-order valence-electron chi connectivity index (χ3n) is 3.66. The predicted molar refractivity (Wildman–Crippen MR) is 95.7 cm³/mol. The third kappa shape index (κ3) is 3.42. The van der Waals surface area contributed by atoms with E-state index in [9.17, 15) is 23.1 Å². The topological polar surface area (TPSA) is 62.2 Å². The zero-order valence-electron chi connectivity index (χ0n) is 12.8. The summed E-state index contributed by atoms with van der Waals surface area (Å²) in [5.41, 5.74) is -1.54. The maximum Gasteiger partial charge on any atom is 0.418 e. The molecule has 3 rings (SSSR count). The van der Waals surface area contributed by atoms with Gasteiger partial charge >= 0.3 is 12.1 Å². The molecule has 3 aromatic rings. The number of aromatic nitrogens is 1. The number of hydrogen-bond donors (Lipinski definition) is 3. The maximum absolute atomic E-state index is 13.4. The van der Waals surface area contributed by atoms with Gasteiger partial charge in [-0.2, -0.15) is 13.2 Å². The first-order chi connectivity index (χ1) is 12.2. The van der Waals surface area contributed by atoms with E-state index in [4.69, 9.17) is 11.6 Å². The Morgan fingerprint density at radius 3 is 2.58 bits per heavy atom. The molecule has 4 nitrogen and oxygen atoms in total. The number of alkyl halides is 3. The highest BCUT2D eigenvalue weighted by Gasteiger charge is 2.35. The molecule has 0 saturated carbocycles. The molecule has 26 heavy (non-hydrogen) atoms. The maximum atomic E-state index is 13.4. The van der Waals surface area contributed by atoms with Crippen molar-refractivity contribution in [1.29, 1.82) is 0 Å². The number of hydrogen-bond acceptors (Lipinski definition) is 4. The van der Waals surface area contributed by atoms with Crippen molar-refractivity contribution in [2.75, 3.05) is 5.32 Å². The average molecular weight is 399 g/mol. The SMILES string of the molecule is O=C(O)c1cccc(C(F)(F)F)c1Nc1c(S)cnc2ccc(Cl)cc12. The van der Waals surface area contributed by atoms with Crippen molar-refractivity contribution >= 4 is 52.5 Å². The predicted octanol–water partition coefficient (Wildman–Crippen LogP) is 5.64. The molecule has 0 aliphatic rings. The van der Waals surface area contributed by atoms with Gasteiger partial charge < -0.3 is 10.4 Å². The molecule has 2 N–H and O–H groups in total. The molecular weight excluding hydrogens is 389 g/mol. The first kappa shape index (κ1) is 18.3. The molecule has 1 heterocycles. The minimum Gasteiger partial charge on any atom is -0.478 e. The van der Waals surface area contributed by atoms with E-state index in [2.05, 4.69) is 22.9 Å². The standard InChI is InChI=1S/C17H10ClF3N2O2S/c18-8-4-5-12-10(6-8)15(13(26)7-22-12)23-14-9(16(24)25)2-1-3-11(14)17(19,20)21/h1-7,26H,(H,22,23)(H,24,25). The number of rotatable bonds is 3. The lowest BCUT2D eigenvalue weighted by Gasteiger charge is -2.19. The summed E-state index contributed by atoms with van der Waals surface area (Å²) in [6.45, 7) is 0. The van der Waals surface area contributed by atoms with Gasteiger partial charge in [0.15, 0.2) is 0 Å². The van der Waals surface area contributed by atoms with Crippen LogP contribution in [0.5, 0.6) is 0 Å². The lowest BCUT2D eigenvalue weighted by Crippen LogP contribution is -2.13. The van der Waals surface area contributed by atoms with E-state index in [0.29, 0.717) is 15.9 Å². The highest BCUT2D eigenvalue weighted by Crippen LogP contribution is 2.40. The number of halogens is 4. The number of para-hydroxylation sites is 1. The third-order valence-corrected chi connectivity index (χ3v) is 4.23. The Morgan fingerprint density at radius 2 is 1.92 bits per heavy atom. The van der Waals surface area contributed by atoms with E-state index in [-0.39, 0.29) is 10.6 Å². The minimum absolute atomic E-state index is 0.181. The van der Waals surface area contributed by atoms with Gasteiger partial charge in [0.25, 0.3) is 0 Å². The fraction of sp³-hybridized carbons (Fsp3) is 0.0588. The number of thiol groups is 1. The van der Waals surface area contributed by atoms with Gasteiger partial charge in [0.1, 0.15) is 0 Å². The summed E-state index contributed by atoms with van der Waals surface area (Å²) in [4.78, 5) is 15.8. The molecule has 0 radical (unpaired) electrons. The number of carbonyl (C=O) groups is 1. The summed E-state index contributed by atoms with van der Waals surface area (Å²) in [5.74, 6) is -1.49. The van der Waals surface area contributed by atoms with Crippen LogP contribution in [0.1, 0.15) is 15.9 Å². The van der Waals surface area contributed by atoms with E-state index in [1.54, 1.807) is 12.1 Å². The van der Waals surface area contributed by atoms with E-state index in [1.165, 1.54) is 12.3 Å². The van der Waals surface area contributed by atoms with Crippen LogP contribution in [0.3, 0.4) is 0 Å². The highest BCUT2D eigenvalue weighted by atomic mass is 35.5. The molecule has 1 aromatic heterocycles. The molecule has 0 fully saturated rings.